The second kappa shape index (κ2) is 8.41. The summed E-state index contributed by atoms with van der Waals surface area (Å²) >= 11 is 4.41. The Kier molecular flexibility index (Phi) is 6.18. The third-order valence-electron chi connectivity index (χ3n) is 4.25. The van der Waals surface area contributed by atoms with Gasteiger partial charge in [-0.2, -0.15) is 0 Å². The van der Waals surface area contributed by atoms with Crippen LogP contribution in [0.25, 0.3) is 10.2 Å². The first-order chi connectivity index (χ1) is 12.9. The summed E-state index contributed by atoms with van der Waals surface area (Å²) in [7, 11) is 0. The molecule has 27 heavy (non-hydrogen) atoms. The van der Waals surface area contributed by atoms with Crippen LogP contribution in [-0.4, -0.2) is 21.2 Å². The van der Waals surface area contributed by atoms with Crippen LogP contribution in [-0.2, 0) is 11.3 Å². The van der Waals surface area contributed by atoms with Crippen LogP contribution >= 0.6 is 34.4 Å². The van der Waals surface area contributed by atoms with Gasteiger partial charge in [0.1, 0.15) is 4.83 Å². The number of nitrogens with one attached hydrogen (secondary N) is 1. The van der Waals surface area contributed by atoms with Crippen molar-refractivity contribution in [3.05, 3.63) is 55.8 Å². The first-order valence-electron chi connectivity index (χ1n) is 8.49. The van der Waals surface area contributed by atoms with Crippen molar-refractivity contribution in [1.29, 1.82) is 0 Å². The van der Waals surface area contributed by atoms with E-state index in [9.17, 15) is 9.59 Å². The molecule has 0 radical (unpaired) electrons. The molecule has 8 heteroatoms. The zero-order valence-corrected chi connectivity index (χ0v) is 17.9. The number of carbonyl (C=O) groups is 1. The van der Waals surface area contributed by atoms with Crippen molar-refractivity contribution in [1.82, 2.24) is 14.9 Å². The van der Waals surface area contributed by atoms with Gasteiger partial charge in [-0.25, -0.2) is 4.98 Å². The molecule has 1 amide bonds. The molecule has 0 aliphatic rings. The summed E-state index contributed by atoms with van der Waals surface area (Å²) in [5.41, 5.74) is 0.904. The highest BCUT2D eigenvalue weighted by Crippen LogP contribution is 2.28. The summed E-state index contributed by atoms with van der Waals surface area (Å²) in [6.45, 7) is 10.0. The molecule has 3 heterocycles. The molecule has 0 aliphatic carbocycles. The molecule has 0 fully saturated rings. The minimum atomic E-state index is -0.0843. The molecule has 5 nitrogen and oxygen atoms in total. The summed E-state index contributed by atoms with van der Waals surface area (Å²) in [5, 5.41) is 6.19. The van der Waals surface area contributed by atoms with Crippen LogP contribution < -0.4 is 10.9 Å². The number of thiophene rings is 2. The molecule has 0 saturated heterocycles. The molecule has 0 aliphatic heterocycles. The van der Waals surface area contributed by atoms with Crippen LogP contribution in [0, 0.1) is 13.8 Å². The van der Waals surface area contributed by atoms with Gasteiger partial charge in [0.15, 0.2) is 5.16 Å². The lowest BCUT2D eigenvalue weighted by atomic mass is 10.2. The number of aromatic nitrogens is 2. The van der Waals surface area contributed by atoms with Crippen molar-refractivity contribution in [2.24, 2.45) is 0 Å². The molecule has 3 aromatic rings. The normalized spacial score (nSPS) is 12.3. The Hall–Kier alpha value is -1.90. The summed E-state index contributed by atoms with van der Waals surface area (Å²) in [6.07, 6.45) is 1.67. The van der Waals surface area contributed by atoms with Crippen molar-refractivity contribution < 1.29 is 4.79 Å². The maximum atomic E-state index is 12.9. The largest absolute Gasteiger partial charge is 0.348 e. The van der Waals surface area contributed by atoms with Gasteiger partial charge >= 0.3 is 0 Å². The van der Waals surface area contributed by atoms with E-state index in [1.165, 1.54) is 23.1 Å². The zero-order chi connectivity index (χ0) is 19.6. The van der Waals surface area contributed by atoms with E-state index in [1.54, 1.807) is 22.0 Å². The number of amides is 1. The Morgan fingerprint density at radius 2 is 2.26 bits per heavy atom. The highest BCUT2D eigenvalue weighted by Gasteiger charge is 2.18. The van der Waals surface area contributed by atoms with Gasteiger partial charge in [0.05, 0.1) is 17.2 Å². The predicted molar refractivity (Wildman–Crippen MR) is 115 cm³/mol. The van der Waals surface area contributed by atoms with Gasteiger partial charge in [-0.15, -0.1) is 29.3 Å². The van der Waals surface area contributed by atoms with E-state index in [2.05, 4.69) is 16.9 Å². The van der Waals surface area contributed by atoms with Crippen LogP contribution in [0.3, 0.4) is 0 Å². The molecule has 1 N–H and O–H groups in total. The van der Waals surface area contributed by atoms with Crippen LogP contribution in [0.15, 0.2) is 40.1 Å². The molecular weight excluding hydrogens is 398 g/mol. The van der Waals surface area contributed by atoms with Crippen molar-refractivity contribution in [3.8, 4) is 0 Å². The molecule has 3 aromatic heterocycles. The quantitative estimate of drug-likeness (QED) is 0.352. The maximum Gasteiger partial charge on any atom is 0.263 e. The molecular formula is C19H21N3O2S3. The number of aryl methyl sites for hydroxylation is 2. The van der Waals surface area contributed by atoms with Crippen molar-refractivity contribution >= 4 is 50.6 Å². The highest BCUT2D eigenvalue weighted by atomic mass is 32.2. The third-order valence-corrected chi connectivity index (χ3v) is 7.38. The van der Waals surface area contributed by atoms with Gasteiger partial charge in [0.2, 0.25) is 5.91 Å². The lowest BCUT2D eigenvalue weighted by Crippen LogP contribution is -2.28. The number of rotatable bonds is 7. The molecule has 0 unspecified atom stereocenters. The van der Waals surface area contributed by atoms with Gasteiger partial charge < -0.3 is 5.32 Å². The van der Waals surface area contributed by atoms with Gasteiger partial charge in [0.25, 0.3) is 5.56 Å². The number of nitrogens with zero attached hydrogens (tertiary/aromatic N) is 2. The first kappa shape index (κ1) is 19.9. The summed E-state index contributed by atoms with van der Waals surface area (Å²) in [5.74, 6) is 0.118. The molecule has 0 saturated carbocycles. The van der Waals surface area contributed by atoms with Crippen LogP contribution in [0.2, 0.25) is 0 Å². The number of hydrogen-bond acceptors (Lipinski definition) is 6. The molecule has 142 valence electrons. The summed E-state index contributed by atoms with van der Waals surface area (Å²) in [4.78, 5) is 32.8. The average molecular weight is 420 g/mol. The van der Waals surface area contributed by atoms with E-state index < -0.39 is 0 Å². The second-order valence-corrected chi connectivity index (χ2v) is 9.28. The van der Waals surface area contributed by atoms with Gasteiger partial charge in [-0.05, 0) is 37.8 Å². The van der Waals surface area contributed by atoms with E-state index in [4.69, 9.17) is 0 Å². The van der Waals surface area contributed by atoms with Crippen LogP contribution in [0.1, 0.15) is 28.3 Å². The smallest absolute Gasteiger partial charge is 0.263 e. The van der Waals surface area contributed by atoms with Crippen LogP contribution in [0.4, 0.5) is 0 Å². The lowest BCUT2D eigenvalue weighted by molar-refractivity contribution is -0.119. The SMILES string of the molecule is C=CCn1c(SCC(=O)N[C@@H](C)c2cccs2)nc2sc(C)c(C)c2c1=O. The van der Waals surface area contributed by atoms with E-state index in [1.807, 2.05) is 38.3 Å². The van der Waals surface area contributed by atoms with Gasteiger partial charge in [0, 0.05) is 16.3 Å². The Labute approximate surface area is 170 Å². The average Bonchev–Trinajstić information content (AvgIpc) is 3.25. The summed E-state index contributed by atoms with van der Waals surface area (Å²) < 4.78 is 1.59. The van der Waals surface area contributed by atoms with Crippen molar-refractivity contribution in [3.63, 3.8) is 0 Å². The topological polar surface area (TPSA) is 64.0 Å². The van der Waals surface area contributed by atoms with E-state index in [-0.39, 0.29) is 23.3 Å². The molecule has 3 rings (SSSR count). The van der Waals surface area contributed by atoms with Gasteiger partial charge in [-0.1, -0.05) is 23.9 Å². The maximum absolute atomic E-state index is 12.9. The first-order valence-corrected chi connectivity index (χ1v) is 11.2. The number of carbonyl (C=O) groups excluding carboxylic acids is 1. The van der Waals surface area contributed by atoms with E-state index in [0.717, 1.165) is 20.1 Å². The fourth-order valence-electron chi connectivity index (χ4n) is 2.73. The second-order valence-electron chi connectivity index (χ2n) is 6.16. The minimum Gasteiger partial charge on any atom is -0.348 e. The number of thioether (sulfide) groups is 1. The highest BCUT2D eigenvalue weighted by molar-refractivity contribution is 7.99. The van der Waals surface area contributed by atoms with Crippen molar-refractivity contribution in [2.75, 3.05) is 5.75 Å². The Balaban J connectivity index is 1.81. The Morgan fingerprint density at radius 3 is 2.93 bits per heavy atom. The summed E-state index contributed by atoms with van der Waals surface area (Å²) in [6, 6.07) is 3.93. The number of hydrogen-bond donors (Lipinski definition) is 1. The molecule has 0 aromatic carbocycles. The molecule has 0 spiro atoms. The fourth-order valence-corrected chi connectivity index (χ4v) is 5.36. The number of fused-ring (bicyclic) bond motifs is 1. The molecule has 1 atom stereocenters. The third kappa shape index (κ3) is 4.17. The Morgan fingerprint density at radius 1 is 1.48 bits per heavy atom. The minimum absolute atomic E-state index is 0.0356. The van der Waals surface area contributed by atoms with Crippen LogP contribution in [0.5, 0.6) is 0 Å². The number of allylic oxidation sites excluding steroid dienone is 1. The van der Waals surface area contributed by atoms with Crippen molar-refractivity contribution in [2.45, 2.75) is 38.5 Å². The zero-order valence-electron chi connectivity index (χ0n) is 15.4. The lowest BCUT2D eigenvalue weighted by Gasteiger charge is -2.13. The van der Waals surface area contributed by atoms with E-state index >= 15 is 0 Å². The predicted octanol–water partition coefficient (Wildman–Crippen LogP) is 4.29. The Bertz CT molecular complexity index is 1030. The fraction of sp³-hybridized carbons (Fsp3) is 0.316. The molecule has 0 bridgehead atoms. The van der Waals surface area contributed by atoms with Gasteiger partial charge in [-0.3, -0.25) is 14.2 Å². The monoisotopic (exact) mass is 419 g/mol. The van der Waals surface area contributed by atoms with E-state index in [0.29, 0.717) is 17.1 Å². The standard InChI is InChI=1S/C19H21N3O2S3/c1-5-8-22-18(24)16-11(2)13(4)27-17(16)21-19(22)26-10-15(23)20-12(3)14-7-6-9-25-14/h5-7,9,12H,1,8,10H2,2-4H3,(H,20,23)/t12-/m0/s1.